The van der Waals surface area contributed by atoms with Crippen molar-refractivity contribution >= 4 is 23.1 Å². The monoisotopic (exact) mass is 383 g/mol. The molecule has 1 unspecified atom stereocenters. The van der Waals surface area contributed by atoms with Crippen LogP contribution in [0.25, 0.3) is 6.08 Å². The third-order valence-electron chi connectivity index (χ3n) is 4.46. The van der Waals surface area contributed by atoms with Gasteiger partial charge in [-0.15, -0.1) is 11.3 Å². The number of thiophene rings is 1. The molecule has 0 fully saturated rings. The van der Waals surface area contributed by atoms with Gasteiger partial charge < -0.3 is 19.5 Å². The van der Waals surface area contributed by atoms with Crippen LogP contribution in [0, 0.1) is 13.8 Å². The summed E-state index contributed by atoms with van der Waals surface area (Å²) in [4.78, 5) is 3.12. The molecule has 0 amide bonds. The number of aromatic amines is 1. The number of ether oxygens (including phenoxy) is 2. The zero-order valence-electron chi connectivity index (χ0n) is 15.2. The highest BCUT2D eigenvalue weighted by atomic mass is 32.1. The number of anilines is 1. The lowest BCUT2D eigenvalue weighted by molar-refractivity contribution is 0.174. The van der Waals surface area contributed by atoms with Crippen LogP contribution in [0.2, 0.25) is 0 Å². The van der Waals surface area contributed by atoms with Crippen LogP contribution in [0.1, 0.15) is 21.8 Å². The fourth-order valence-electron chi connectivity index (χ4n) is 3.16. The van der Waals surface area contributed by atoms with Gasteiger partial charge in [-0.2, -0.15) is 5.10 Å². The number of aliphatic hydroxyl groups is 1. The highest BCUT2D eigenvalue weighted by Crippen LogP contribution is 2.33. The van der Waals surface area contributed by atoms with E-state index in [9.17, 15) is 5.11 Å². The molecule has 0 spiro atoms. The van der Waals surface area contributed by atoms with E-state index >= 15 is 0 Å². The molecule has 7 heteroatoms. The van der Waals surface area contributed by atoms with Crippen LogP contribution in [0.15, 0.2) is 41.8 Å². The second kappa shape index (κ2) is 7.46. The molecule has 2 N–H and O–H groups in total. The molecule has 1 aliphatic rings. The molecule has 140 valence electrons. The number of benzene rings is 1. The largest absolute Gasteiger partial charge is 0.454 e. The Kier molecular flexibility index (Phi) is 4.87. The minimum Gasteiger partial charge on any atom is -0.454 e. The molecule has 0 bridgehead atoms. The molecule has 1 aromatic carbocycles. The summed E-state index contributed by atoms with van der Waals surface area (Å²) in [7, 11) is 0. The summed E-state index contributed by atoms with van der Waals surface area (Å²) in [5.74, 6) is 1.47. The van der Waals surface area contributed by atoms with Crippen LogP contribution in [0.5, 0.6) is 11.5 Å². The van der Waals surface area contributed by atoms with Crippen LogP contribution in [0.4, 0.5) is 5.69 Å². The number of hydrogen-bond acceptors (Lipinski definition) is 6. The van der Waals surface area contributed by atoms with Gasteiger partial charge >= 0.3 is 0 Å². The third kappa shape index (κ3) is 3.70. The van der Waals surface area contributed by atoms with Crippen LogP contribution in [0.3, 0.4) is 0 Å². The summed E-state index contributed by atoms with van der Waals surface area (Å²) in [5.41, 5.74) is 3.65. The van der Waals surface area contributed by atoms with E-state index in [1.165, 1.54) is 4.88 Å². The van der Waals surface area contributed by atoms with Gasteiger partial charge in [0.15, 0.2) is 11.5 Å². The van der Waals surface area contributed by atoms with E-state index in [4.69, 9.17) is 9.47 Å². The first-order chi connectivity index (χ1) is 13.1. The molecule has 0 aliphatic carbocycles. The molecule has 1 atom stereocenters. The van der Waals surface area contributed by atoms with Crippen molar-refractivity contribution in [1.82, 2.24) is 10.2 Å². The number of H-pyrrole nitrogens is 1. The Bertz CT molecular complexity index is 930. The first-order valence-corrected chi connectivity index (χ1v) is 9.56. The Morgan fingerprint density at radius 3 is 2.89 bits per heavy atom. The molecule has 0 radical (unpaired) electrons. The van der Waals surface area contributed by atoms with Crippen LogP contribution >= 0.6 is 11.3 Å². The average Bonchev–Trinajstić information content (AvgIpc) is 3.40. The number of fused-ring (bicyclic) bond motifs is 1. The SMILES string of the molecule is Cc1n[nH]c(C)c1N(Cc1cccs1)C(O)/C=C/c1ccc2c(c1)OCO2. The van der Waals surface area contributed by atoms with Crippen molar-refractivity contribution in [3.05, 3.63) is 63.6 Å². The number of hydrogen-bond donors (Lipinski definition) is 2. The van der Waals surface area contributed by atoms with Gasteiger partial charge in [0.2, 0.25) is 6.79 Å². The Labute approximate surface area is 161 Å². The molecule has 3 heterocycles. The van der Waals surface area contributed by atoms with Crippen molar-refractivity contribution < 1.29 is 14.6 Å². The maximum absolute atomic E-state index is 10.9. The lowest BCUT2D eigenvalue weighted by Crippen LogP contribution is -2.33. The van der Waals surface area contributed by atoms with E-state index in [1.807, 2.05) is 54.5 Å². The molecule has 0 saturated heterocycles. The van der Waals surface area contributed by atoms with Crippen molar-refractivity contribution in [3.8, 4) is 11.5 Å². The molecule has 1 aliphatic heterocycles. The van der Waals surface area contributed by atoms with Crippen molar-refractivity contribution in [2.24, 2.45) is 0 Å². The molecule has 2 aromatic heterocycles. The van der Waals surface area contributed by atoms with E-state index in [0.717, 1.165) is 34.1 Å². The molecular weight excluding hydrogens is 362 g/mol. The average molecular weight is 383 g/mol. The van der Waals surface area contributed by atoms with E-state index < -0.39 is 6.23 Å². The van der Waals surface area contributed by atoms with Gasteiger partial charge in [-0.1, -0.05) is 18.2 Å². The fourth-order valence-corrected chi connectivity index (χ4v) is 3.86. The van der Waals surface area contributed by atoms with Crippen molar-refractivity contribution in [2.45, 2.75) is 26.6 Å². The summed E-state index contributed by atoms with van der Waals surface area (Å²) in [6.45, 7) is 4.75. The van der Waals surface area contributed by atoms with Gasteiger partial charge in [-0.3, -0.25) is 5.10 Å². The fraction of sp³-hybridized carbons (Fsp3) is 0.250. The zero-order chi connectivity index (χ0) is 18.8. The molecular formula is C20H21N3O3S. The highest BCUT2D eigenvalue weighted by molar-refractivity contribution is 7.09. The minimum atomic E-state index is -0.799. The number of rotatable bonds is 6. The van der Waals surface area contributed by atoms with Crippen LogP contribution in [-0.2, 0) is 6.54 Å². The first kappa shape index (κ1) is 17.6. The predicted molar refractivity (Wildman–Crippen MR) is 106 cm³/mol. The summed E-state index contributed by atoms with van der Waals surface area (Å²) >= 11 is 1.67. The third-order valence-corrected chi connectivity index (χ3v) is 5.32. The van der Waals surface area contributed by atoms with Crippen molar-refractivity contribution in [2.75, 3.05) is 11.7 Å². The zero-order valence-corrected chi connectivity index (χ0v) is 16.0. The maximum Gasteiger partial charge on any atom is 0.231 e. The van der Waals surface area contributed by atoms with Crippen LogP contribution in [-0.4, -0.2) is 28.3 Å². The number of aromatic nitrogens is 2. The normalized spacial score (nSPS) is 14.0. The van der Waals surface area contributed by atoms with Crippen molar-refractivity contribution in [1.29, 1.82) is 0 Å². The van der Waals surface area contributed by atoms with E-state index in [0.29, 0.717) is 6.54 Å². The molecule has 6 nitrogen and oxygen atoms in total. The number of aliphatic hydroxyl groups excluding tert-OH is 1. The van der Waals surface area contributed by atoms with Gasteiger partial charge in [0.25, 0.3) is 0 Å². The van der Waals surface area contributed by atoms with Gasteiger partial charge in [0.1, 0.15) is 6.23 Å². The summed E-state index contributed by atoms with van der Waals surface area (Å²) in [5, 5.41) is 20.2. The van der Waals surface area contributed by atoms with E-state index in [1.54, 1.807) is 17.4 Å². The standard InChI is InChI=1S/C20H21N3O3S/c1-13-20(14(2)22-21-13)23(11-16-4-3-9-27-16)19(24)8-6-15-5-7-17-18(10-15)26-12-25-17/h3-10,19,24H,11-12H2,1-2H3,(H,21,22)/b8-6+. The second-order valence-electron chi connectivity index (χ2n) is 6.38. The topological polar surface area (TPSA) is 70.6 Å². The van der Waals surface area contributed by atoms with Crippen molar-refractivity contribution in [3.63, 3.8) is 0 Å². The lowest BCUT2D eigenvalue weighted by Gasteiger charge is -2.28. The number of aryl methyl sites for hydroxylation is 2. The number of nitrogens with zero attached hydrogens (tertiary/aromatic N) is 2. The second-order valence-corrected chi connectivity index (χ2v) is 7.41. The lowest BCUT2D eigenvalue weighted by atomic mass is 10.1. The first-order valence-electron chi connectivity index (χ1n) is 8.68. The van der Waals surface area contributed by atoms with Gasteiger partial charge in [0, 0.05) is 4.88 Å². The summed E-state index contributed by atoms with van der Waals surface area (Å²) < 4.78 is 10.8. The summed E-state index contributed by atoms with van der Waals surface area (Å²) in [6.07, 6.45) is 2.86. The number of nitrogens with one attached hydrogen (secondary N) is 1. The Hall–Kier alpha value is -2.77. The molecule has 27 heavy (non-hydrogen) atoms. The van der Waals surface area contributed by atoms with E-state index in [2.05, 4.69) is 16.3 Å². The van der Waals surface area contributed by atoms with E-state index in [-0.39, 0.29) is 6.79 Å². The molecule has 3 aromatic rings. The smallest absolute Gasteiger partial charge is 0.231 e. The Morgan fingerprint density at radius 2 is 2.15 bits per heavy atom. The van der Waals surface area contributed by atoms with Crippen LogP contribution < -0.4 is 14.4 Å². The Morgan fingerprint density at radius 1 is 1.30 bits per heavy atom. The summed E-state index contributed by atoms with van der Waals surface area (Å²) in [6, 6.07) is 9.80. The predicted octanol–water partition coefficient (Wildman–Crippen LogP) is 3.86. The van der Waals surface area contributed by atoms with Gasteiger partial charge in [-0.05, 0) is 49.1 Å². The maximum atomic E-state index is 10.9. The molecule has 0 saturated carbocycles. The minimum absolute atomic E-state index is 0.249. The quantitative estimate of drug-likeness (QED) is 0.633. The van der Waals surface area contributed by atoms with Gasteiger partial charge in [-0.25, -0.2) is 0 Å². The Balaban J connectivity index is 1.59. The van der Waals surface area contributed by atoms with Gasteiger partial charge in [0.05, 0.1) is 23.6 Å². The molecule has 4 rings (SSSR count). The highest BCUT2D eigenvalue weighted by Gasteiger charge is 2.21.